The Bertz CT molecular complexity index is 211. The number of ether oxygens (including phenoxy) is 1. The van der Waals surface area contributed by atoms with Gasteiger partial charge in [-0.1, -0.05) is 0 Å². The molecule has 15 heavy (non-hydrogen) atoms. The topological polar surface area (TPSA) is 58.8 Å². The molecule has 88 valence electrons. The van der Waals surface area contributed by atoms with Crippen molar-refractivity contribution in [2.45, 2.75) is 12.5 Å². The Morgan fingerprint density at radius 1 is 1.53 bits per heavy atom. The zero-order valence-electron chi connectivity index (χ0n) is 9.61. The Hall–Kier alpha value is -0.650. The maximum atomic E-state index is 11.0. The highest BCUT2D eigenvalue weighted by Crippen LogP contribution is 2.08. The van der Waals surface area contributed by atoms with E-state index in [1.165, 1.54) is 7.11 Å². The summed E-state index contributed by atoms with van der Waals surface area (Å²) in [4.78, 5) is 15.6. The van der Waals surface area contributed by atoms with E-state index in [0.717, 1.165) is 26.2 Å². The molecular formula is C10H21N3O2. The standard InChI is InChI=1S/C10H21N3O2/c1-12-5-6-13(9(7-11)8-12)4-3-10(14)15-2/h9H,3-8,11H2,1-2H3. The first kappa shape index (κ1) is 12.4. The molecule has 1 rings (SSSR count). The molecular weight excluding hydrogens is 194 g/mol. The highest BCUT2D eigenvalue weighted by atomic mass is 16.5. The van der Waals surface area contributed by atoms with Crippen LogP contribution in [0.4, 0.5) is 0 Å². The number of methoxy groups -OCH3 is 1. The Morgan fingerprint density at radius 2 is 2.27 bits per heavy atom. The second-order valence-electron chi connectivity index (χ2n) is 4.01. The zero-order valence-corrected chi connectivity index (χ0v) is 9.61. The van der Waals surface area contributed by atoms with Gasteiger partial charge in [0.05, 0.1) is 13.5 Å². The average Bonchev–Trinajstić information content (AvgIpc) is 2.26. The number of piperazine rings is 1. The van der Waals surface area contributed by atoms with E-state index in [1.54, 1.807) is 0 Å². The molecule has 0 amide bonds. The number of nitrogens with zero attached hydrogens (tertiary/aromatic N) is 2. The molecule has 1 heterocycles. The molecule has 0 bridgehead atoms. The molecule has 0 saturated carbocycles. The van der Waals surface area contributed by atoms with Gasteiger partial charge in [-0.3, -0.25) is 9.69 Å². The lowest BCUT2D eigenvalue weighted by Crippen LogP contribution is -2.55. The van der Waals surface area contributed by atoms with E-state index in [1.807, 2.05) is 0 Å². The number of hydrogen-bond acceptors (Lipinski definition) is 5. The monoisotopic (exact) mass is 215 g/mol. The van der Waals surface area contributed by atoms with Crippen LogP contribution in [-0.4, -0.2) is 68.7 Å². The lowest BCUT2D eigenvalue weighted by atomic mass is 10.1. The van der Waals surface area contributed by atoms with E-state index in [0.29, 0.717) is 19.0 Å². The third-order valence-electron chi connectivity index (χ3n) is 2.91. The highest BCUT2D eigenvalue weighted by molar-refractivity contribution is 5.69. The van der Waals surface area contributed by atoms with Crippen LogP contribution in [0, 0.1) is 0 Å². The van der Waals surface area contributed by atoms with Crippen molar-refractivity contribution in [3.05, 3.63) is 0 Å². The predicted molar refractivity (Wildman–Crippen MR) is 58.5 cm³/mol. The van der Waals surface area contributed by atoms with Gasteiger partial charge in [0.1, 0.15) is 0 Å². The van der Waals surface area contributed by atoms with Crippen LogP contribution < -0.4 is 5.73 Å². The van der Waals surface area contributed by atoms with Crippen molar-refractivity contribution < 1.29 is 9.53 Å². The van der Waals surface area contributed by atoms with E-state index >= 15 is 0 Å². The Balaban J connectivity index is 2.35. The molecule has 0 aromatic heterocycles. The third-order valence-corrected chi connectivity index (χ3v) is 2.91. The number of carbonyl (C=O) groups is 1. The molecule has 5 nitrogen and oxygen atoms in total. The molecule has 2 N–H and O–H groups in total. The van der Waals surface area contributed by atoms with Gasteiger partial charge in [-0.2, -0.15) is 0 Å². The zero-order chi connectivity index (χ0) is 11.3. The fraction of sp³-hybridized carbons (Fsp3) is 0.900. The van der Waals surface area contributed by atoms with Crippen molar-refractivity contribution in [2.75, 3.05) is 46.9 Å². The van der Waals surface area contributed by atoms with Crippen LogP contribution in [0.2, 0.25) is 0 Å². The molecule has 1 aliphatic heterocycles. The molecule has 0 aromatic rings. The van der Waals surface area contributed by atoms with Gasteiger partial charge >= 0.3 is 5.97 Å². The smallest absolute Gasteiger partial charge is 0.306 e. The van der Waals surface area contributed by atoms with Crippen molar-refractivity contribution in [3.8, 4) is 0 Å². The summed E-state index contributed by atoms with van der Waals surface area (Å²) in [5.74, 6) is -0.148. The number of esters is 1. The van der Waals surface area contributed by atoms with Gasteiger partial charge in [0, 0.05) is 38.8 Å². The third kappa shape index (κ3) is 3.77. The fourth-order valence-electron chi connectivity index (χ4n) is 1.90. The van der Waals surface area contributed by atoms with Crippen molar-refractivity contribution in [2.24, 2.45) is 5.73 Å². The number of likely N-dealkylation sites (N-methyl/N-ethyl adjacent to an activating group) is 1. The first-order chi connectivity index (χ1) is 7.17. The van der Waals surface area contributed by atoms with Gasteiger partial charge in [0.15, 0.2) is 0 Å². The van der Waals surface area contributed by atoms with Crippen LogP contribution in [-0.2, 0) is 9.53 Å². The van der Waals surface area contributed by atoms with Gasteiger partial charge in [-0.25, -0.2) is 0 Å². The highest BCUT2D eigenvalue weighted by Gasteiger charge is 2.24. The Morgan fingerprint density at radius 3 is 2.87 bits per heavy atom. The number of nitrogens with two attached hydrogens (primary N) is 1. The van der Waals surface area contributed by atoms with Gasteiger partial charge < -0.3 is 15.4 Å². The minimum absolute atomic E-state index is 0.148. The van der Waals surface area contributed by atoms with E-state index in [2.05, 4.69) is 21.6 Å². The SMILES string of the molecule is COC(=O)CCN1CCN(C)CC1CN. The second kappa shape index (κ2) is 6.05. The maximum absolute atomic E-state index is 11.0. The maximum Gasteiger partial charge on any atom is 0.306 e. The summed E-state index contributed by atoms with van der Waals surface area (Å²) in [6, 6.07) is 0.369. The molecule has 5 heteroatoms. The summed E-state index contributed by atoms with van der Waals surface area (Å²) in [5.41, 5.74) is 5.71. The summed E-state index contributed by atoms with van der Waals surface area (Å²) in [6.07, 6.45) is 0.455. The first-order valence-corrected chi connectivity index (χ1v) is 5.37. The van der Waals surface area contributed by atoms with Crippen LogP contribution in [0.3, 0.4) is 0 Å². The van der Waals surface area contributed by atoms with Crippen molar-refractivity contribution in [3.63, 3.8) is 0 Å². The first-order valence-electron chi connectivity index (χ1n) is 5.37. The summed E-state index contributed by atoms with van der Waals surface area (Å²) in [5, 5.41) is 0. The summed E-state index contributed by atoms with van der Waals surface area (Å²) < 4.78 is 4.62. The molecule has 0 aliphatic carbocycles. The molecule has 1 saturated heterocycles. The molecule has 1 aliphatic rings. The quantitative estimate of drug-likeness (QED) is 0.617. The van der Waals surface area contributed by atoms with Crippen LogP contribution in [0.25, 0.3) is 0 Å². The lowest BCUT2D eigenvalue weighted by Gasteiger charge is -2.39. The normalized spacial score (nSPS) is 24.1. The van der Waals surface area contributed by atoms with Gasteiger partial charge in [-0.15, -0.1) is 0 Å². The van der Waals surface area contributed by atoms with Crippen LogP contribution in [0.5, 0.6) is 0 Å². The second-order valence-corrected chi connectivity index (χ2v) is 4.01. The largest absolute Gasteiger partial charge is 0.469 e. The van der Waals surface area contributed by atoms with E-state index in [4.69, 9.17) is 5.73 Å². The fourth-order valence-corrected chi connectivity index (χ4v) is 1.90. The van der Waals surface area contributed by atoms with Crippen molar-refractivity contribution in [1.82, 2.24) is 9.80 Å². The van der Waals surface area contributed by atoms with E-state index < -0.39 is 0 Å². The van der Waals surface area contributed by atoms with Crippen molar-refractivity contribution >= 4 is 5.97 Å². The summed E-state index contributed by atoms with van der Waals surface area (Å²) >= 11 is 0. The number of rotatable bonds is 4. The molecule has 0 spiro atoms. The minimum atomic E-state index is -0.148. The predicted octanol–water partition coefficient (Wildman–Crippen LogP) is -0.876. The van der Waals surface area contributed by atoms with Crippen LogP contribution >= 0.6 is 0 Å². The minimum Gasteiger partial charge on any atom is -0.469 e. The van der Waals surface area contributed by atoms with Gasteiger partial charge in [0.2, 0.25) is 0 Å². The molecule has 0 aromatic carbocycles. The van der Waals surface area contributed by atoms with Gasteiger partial charge in [-0.05, 0) is 7.05 Å². The molecule has 1 atom stereocenters. The van der Waals surface area contributed by atoms with Crippen LogP contribution in [0.15, 0.2) is 0 Å². The lowest BCUT2D eigenvalue weighted by molar-refractivity contribution is -0.141. The molecule has 0 radical (unpaired) electrons. The summed E-state index contributed by atoms with van der Waals surface area (Å²) in [6.45, 7) is 4.40. The molecule has 1 unspecified atom stereocenters. The molecule has 1 fully saturated rings. The van der Waals surface area contributed by atoms with E-state index in [-0.39, 0.29) is 5.97 Å². The Kier molecular flexibility index (Phi) is 5.01. The van der Waals surface area contributed by atoms with Crippen molar-refractivity contribution in [1.29, 1.82) is 0 Å². The number of carbonyl (C=O) groups excluding carboxylic acids is 1. The van der Waals surface area contributed by atoms with Crippen LogP contribution in [0.1, 0.15) is 6.42 Å². The summed E-state index contributed by atoms with van der Waals surface area (Å²) in [7, 11) is 3.52. The van der Waals surface area contributed by atoms with E-state index in [9.17, 15) is 4.79 Å². The average molecular weight is 215 g/mol. The van der Waals surface area contributed by atoms with Gasteiger partial charge in [0.25, 0.3) is 0 Å². The number of hydrogen-bond donors (Lipinski definition) is 1. The Labute approximate surface area is 91.2 Å².